The van der Waals surface area contributed by atoms with Gasteiger partial charge < -0.3 is 15.2 Å². The molecule has 1 saturated carbocycles. The van der Waals surface area contributed by atoms with Crippen LogP contribution in [0.3, 0.4) is 0 Å². The van der Waals surface area contributed by atoms with Crippen LogP contribution in [0.2, 0.25) is 10.0 Å². The lowest BCUT2D eigenvalue weighted by molar-refractivity contribution is -0.176. The second-order valence-electron chi connectivity index (χ2n) is 12.1. The van der Waals surface area contributed by atoms with Gasteiger partial charge >= 0.3 is 12.1 Å². The van der Waals surface area contributed by atoms with Crippen molar-refractivity contribution in [1.82, 2.24) is 14.9 Å². The first-order chi connectivity index (χ1) is 17.4. The zero-order chi connectivity index (χ0) is 28.7. The molecule has 0 bridgehead atoms. The fourth-order valence-electron chi connectivity index (χ4n) is 5.45. The van der Waals surface area contributed by atoms with Gasteiger partial charge in [-0.15, -0.1) is 0 Å². The van der Waals surface area contributed by atoms with E-state index in [1.807, 2.05) is 54.5 Å². The average Bonchev–Trinajstić information content (AvgIpc) is 3.32. The zero-order valence-electron chi connectivity index (χ0n) is 23.0. The van der Waals surface area contributed by atoms with Crippen LogP contribution in [0.4, 0.5) is 4.79 Å². The number of amides is 1. The van der Waals surface area contributed by atoms with E-state index in [-0.39, 0.29) is 17.9 Å². The summed E-state index contributed by atoms with van der Waals surface area (Å²) in [5, 5.41) is 13.1. The van der Waals surface area contributed by atoms with Crippen LogP contribution in [0.15, 0.2) is 30.7 Å². The molecule has 3 rings (SSSR count). The van der Waals surface area contributed by atoms with Crippen molar-refractivity contribution in [2.24, 2.45) is 16.2 Å². The molecule has 8 nitrogen and oxygen atoms in total. The van der Waals surface area contributed by atoms with Gasteiger partial charge in [0.25, 0.3) is 0 Å². The second-order valence-corrected chi connectivity index (χ2v) is 12.9. The van der Waals surface area contributed by atoms with Crippen LogP contribution in [0.1, 0.15) is 72.6 Å². The maximum atomic E-state index is 14.2. The number of rotatable bonds is 7. The smallest absolute Gasteiger partial charge is 0.416 e. The number of carbonyl (C=O) groups excluding carboxylic acids is 2. The number of aromatic nitrogens is 2. The SMILES string of the molecule is CC(Cc1cn(C(=O)O)cn1)NC(=O)[C@]1(Cc2ccc(Cl)c(Cl)c2)CC[C@](C)(C(=O)OC(C)(C)C)C1(C)C. The van der Waals surface area contributed by atoms with E-state index in [1.165, 1.54) is 12.5 Å². The van der Waals surface area contributed by atoms with Crippen LogP contribution in [-0.4, -0.2) is 44.3 Å². The molecule has 1 amide bonds. The number of benzene rings is 1. The topological polar surface area (TPSA) is 111 Å². The maximum Gasteiger partial charge on any atom is 0.416 e. The number of hydrogen-bond donors (Lipinski definition) is 2. The van der Waals surface area contributed by atoms with Crippen molar-refractivity contribution in [3.8, 4) is 0 Å². The van der Waals surface area contributed by atoms with Crippen molar-refractivity contribution in [2.75, 3.05) is 0 Å². The summed E-state index contributed by atoms with van der Waals surface area (Å²) in [5.41, 5.74) is -1.97. The Labute approximate surface area is 234 Å². The van der Waals surface area contributed by atoms with Gasteiger partial charge in [0, 0.05) is 18.7 Å². The Bertz CT molecular complexity index is 1240. The highest BCUT2D eigenvalue weighted by atomic mass is 35.5. The molecule has 1 aliphatic rings. The molecule has 10 heteroatoms. The van der Waals surface area contributed by atoms with E-state index < -0.39 is 27.9 Å². The fraction of sp³-hybridized carbons (Fsp3) is 0.571. The van der Waals surface area contributed by atoms with Gasteiger partial charge in [0.2, 0.25) is 5.91 Å². The molecule has 38 heavy (non-hydrogen) atoms. The largest absolute Gasteiger partial charge is 0.464 e. The van der Waals surface area contributed by atoms with Crippen molar-refractivity contribution >= 4 is 41.2 Å². The third-order valence-corrected chi connectivity index (χ3v) is 8.89. The molecule has 0 aliphatic heterocycles. The summed E-state index contributed by atoms with van der Waals surface area (Å²) in [4.78, 5) is 43.1. The molecule has 2 N–H and O–H groups in total. The third-order valence-electron chi connectivity index (χ3n) is 8.15. The Morgan fingerprint density at radius 1 is 1.16 bits per heavy atom. The Kier molecular flexibility index (Phi) is 8.31. The molecule has 208 valence electrons. The standard InChI is InChI=1S/C28H37Cl2N3O5/c1-17(12-19-15-33(16-31-19)24(36)37)32-22(34)28(14-18-8-9-20(29)21(30)13-18)11-10-27(7,26(28,5)6)23(35)38-25(2,3)4/h8-9,13,15-17H,10-12,14H2,1-7H3,(H,32,34)(H,36,37)/t17?,27-,28-/m1/s1. The van der Waals surface area contributed by atoms with Crippen LogP contribution in [0.25, 0.3) is 0 Å². The minimum Gasteiger partial charge on any atom is -0.464 e. The van der Waals surface area contributed by atoms with Crippen molar-refractivity contribution < 1.29 is 24.2 Å². The molecule has 0 spiro atoms. The lowest BCUT2D eigenvalue weighted by Gasteiger charge is -2.47. The molecule has 1 heterocycles. The minimum absolute atomic E-state index is 0.189. The molecule has 0 radical (unpaired) electrons. The summed E-state index contributed by atoms with van der Waals surface area (Å²) in [6.45, 7) is 13.1. The summed E-state index contributed by atoms with van der Waals surface area (Å²) >= 11 is 12.5. The predicted octanol–water partition coefficient (Wildman–Crippen LogP) is 6.16. The van der Waals surface area contributed by atoms with Crippen molar-refractivity contribution in [2.45, 2.75) is 85.8 Å². The number of nitrogens with one attached hydrogen (secondary N) is 1. The van der Waals surface area contributed by atoms with Gasteiger partial charge in [-0.2, -0.15) is 0 Å². The molecule has 1 fully saturated rings. The highest BCUT2D eigenvalue weighted by molar-refractivity contribution is 6.42. The molecule has 3 atom stereocenters. The van der Waals surface area contributed by atoms with Crippen molar-refractivity contribution in [3.63, 3.8) is 0 Å². The number of halogens is 2. The Morgan fingerprint density at radius 2 is 1.82 bits per heavy atom. The first kappa shape index (κ1) is 30.0. The first-order valence-electron chi connectivity index (χ1n) is 12.7. The van der Waals surface area contributed by atoms with Crippen LogP contribution in [0, 0.1) is 16.2 Å². The Hall–Kier alpha value is -2.58. The molecule has 1 aromatic heterocycles. The van der Waals surface area contributed by atoms with Crippen LogP contribution in [-0.2, 0) is 27.2 Å². The number of imidazole rings is 1. The fourth-order valence-corrected chi connectivity index (χ4v) is 5.77. The maximum absolute atomic E-state index is 14.2. The molecule has 1 aromatic carbocycles. The van der Waals surface area contributed by atoms with Gasteiger partial charge in [-0.3, -0.25) is 9.59 Å². The molecular formula is C28H37Cl2N3O5. The number of hydrogen-bond acceptors (Lipinski definition) is 5. The van der Waals surface area contributed by atoms with Crippen molar-refractivity contribution in [1.29, 1.82) is 0 Å². The number of carbonyl (C=O) groups is 3. The van der Waals surface area contributed by atoms with Crippen LogP contribution in [0.5, 0.6) is 0 Å². The number of carboxylic acid groups (broad SMARTS) is 1. The summed E-state index contributed by atoms with van der Waals surface area (Å²) < 4.78 is 6.81. The van der Waals surface area contributed by atoms with E-state index in [4.69, 9.17) is 33.0 Å². The van der Waals surface area contributed by atoms with Gasteiger partial charge in [-0.25, -0.2) is 14.3 Å². The molecule has 1 unspecified atom stereocenters. The van der Waals surface area contributed by atoms with E-state index in [0.29, 0.717) is 41.4 Å². The van der Waals surface area contributed by atoms with Crippen molar-refractivity contribution in [3.05, 3.63) is 52.0 Å². The number of ether oxygens (including phenoxy) is 1. The Balaban J connectivity index is 1.97. The minimum atomic E-state index is -1.13. The normalized spacial score (nSPS) is 23.6. The van der Waals surface area contributed by atoms with E-state index in [2.05, 4.69) is 10.3 Å². The predicted molar refractivity (Wildman–Crippen MR) is 147 cm³/mol. The van der Waals surface area contributed by atoms with E-state index in [9.17, 15) is 14.4 Å². The molecule has 1 aliphatic carbocycles. The highest BCUT2D eigenvalue weighted by Gasteiger charge is 2.67. The summed E-state index contributed by atoms with van der Waals surface area (Å²) in [6, 6.07) is 4.99. The first-order valence-corrected chi connectivity index (χ1v) is 13.4. The lowest BCUT2D eigenvalue weighted by atomic mass is 9.56. The summed E-state index contributed by atoms with van der Waals surface area (Å²) in [6.07, 6.45) is 3.15. The molecule has 0 saturated heterocycles. The van der Waals surface area contributed by atoms with E-state index in [1.54, 1.807) is 12.1 Å². The van der Waals surface area contributed by atoms with Gasteiger partial charge in [0.15, 0.2) is 0 Å². The zero-order valence-corrected chi connectivity index (χ0v) is 24.5. The summed E-state index contributed by atoms with van der Waals surface area (Å²) in [5.74, 6) is -0.517. The average molecular weight is 567 g/mol. The quantitative estimate of drug-likeness (QED) is 0.389. The molecular weight excluding hydrogens is 529 g/mol. The van der Waals surface area contributed by atoms with Gasteiger partial charge in [-0.1, -0.05) is 43.1 Å². The monoisotopic (exact) mass is 565 g/mol. The van der Waals surface area contributed by atoms with Gasteiger partial charge in [0.1, 0.15) is 11.9 Å². The summed E-state index contributed by atoms with van der Waals surface area (Å²) in [7, 11) is 0. The van der Waals surface area contributed by atoms with E-state index in [0.717, 1.165) is 10.1 Å². The lowest BCUT2D eigenvalue weighted by Crippen LogP contribution is -2.56. The van der Waals surface area contributed by atoms with Crippen LogP contribution >= 0.6 is 23.2 Å². The number of esters is 1. The number of nitrogens with zero attached hydrogens (tertiary/aromatic N) is 2. The van der Waals surface area contributed by atoms with Crippen LogP contribution < -0.4 is 5.32 Å². The van der Waals surface area contributed by atoms with Gasteiger partial charge in [0.05, 0.1) is 26.6 Å². The molecule has 2 aromatic rings. The van der Waals surface area contributed by atoms with E-state index >= 15 is 0 Å². The Morgan fingerprint density at radius 3 is 2.37 bits per heavy atom. The van der Waals surface area contributed by atoms with Gasteiger partial charge in [-0.05, 0) is 77.0 Å². The third kappa shape index (κ3) is 5.71. The second kappa shape index (κ2) is 10.5. The highest BCUT2D eigenvalue weighted by Crippen LogP contribution is 2.64.